The molecule has 4 rings (SSSR count). The lowest BCUT2D eigenvalue weighted by molar-refractivity contribution is -0.130. The summed E-state index contributed by atoms with van der Waals surface area (Å²) in [4.78, 5) is 48.0. The molecule has 1 aliphatic heterocycles. The van der Waals surface area contributed by atoms with E-state index in [-0.39, 0.29) is 42.5 Å². The zero-order valence-corrected chi connectivity index (χ0v) is 22.8. The van der Waals surface area contributed by atoms with Gasteiger partial charge in [-0.25, -0.2) is 9.37 Å². The molecule has 0 spiro atoms. The molecule has 3 aromatic rings. The standard InChI is InChI=1S/C27H29ClFN5O3S/c1-18(2)34(26(37)19-7-9-20(28)10-8-19)16-24(35)31-27-30-21(17-38-27)15-25(36)33-13-11-32(12-14-33)23-6-4-3-5-22(23)29/h3-10,17-18H,11-16H2,1-2H3,(H,30,31,35). The molecular weight excluding hydrogens is 529 g/mol. The third-order valence-electron chi connectivity index (χ3n) is 6.25. The maximum Gasteiger partial charge on any atom is 0.254 e. The monoisotopic (exact) mass is 557 g/mol. The fourth-order valence-corrected chi connectivity index (χ4v) is 5.03. The number of benzene rings is 2. The van der Waals surface area contributed by atoms with Crippen LogP contribution in [0.2, 0.25) is 5.02 Å². The van der Waals surface area contributed by atoms with Gasteiger partial charge in [-0.2, -0.15) is 0 Å². The lowest BCUT2D eigenvalue weighted by Gasteiger charge is -2.36. The first-order valence-corrected chi connectivity index (χ1v) is 13.5. The second-order valence-electron chi connectivity index (χ2n) is 9.22. The first-order chi connectivity index (χ1) is 18.2. The van der Waals surface area contributed by atoms with Crippen LogP contribution >= 0.6 is 22.9 Å². The van der Waals surface area contributed by atoms with Gasteiger partial charge in [0.1, 0.15) is 12.4 Å². The van der Waals surface area contributed by atoms with Crippen LogP contribution in [0, 0.1) is 5.82 Å². The van der Waals surface area contributed by atoms with Crippen molar-refractivity contribution in [2.24, 2.45) is 0 Å². The minimum absolute atomic E-state index is 0.0686. The Morgan fingerprint density at radius 1 is 1.08 bits per heavy atom. The van der Waals surface area contributed by atoms with Crippen LogP contribution in [0.5, 0.6) is 0 Å². The molecule has 0 atom stereocenters. The summed E-state index contributed by atoms with van der Waals surface area (Å²) in [7, 11) is 0. The van der Waals surface area contributed by atoms with E-state index in [9.17, 15) is 18.8 Å². The Hall–Kier alpha value is -3.50. The van der Waals surface area contributed by atoms with E-state index in [1.807, 2.05) is 18.7 Å². The van der Waals surface area contributed by atoms with Crippen LogP contribution in [0.3, 0.4) is 0 Å². The molecule has 11 heteroatoms. The van der Waals surface area contributed by atoms with Crippen molar-refractivity contribution in [3.8, 4) is 0 Å². The highest BCUT2D eigenvalue weighted by atomic mass is 35.5. The summed E-state index contributed by atoms with van der Waals surface area (Å²) in [6.07, 6.45) is 0.110. The molecule has 0 saturated carbocycles. The largest absolute Gasteiger partial charge is 0.366 e. The normalized spacial score (nSPS) is 13.5. The topological polar surface area (TPSA) is 85.8 Å². The maximum absolute atomic E-state index is 14.1. The Bertz CT molecular complexity index is 1290. The van der Waals surface area contributed by atoms with Gasteiger partial charge in [0.2, 0.25) is 11.8 Å². The van der Waals surface area contributed by atoms with Crippen molar-refractivity contribution in [3.63, 3.8) is 0 Å². The van der Waals surface area contributed by atoms with Gasteiger partial charge in [-0.15, -0.1) is 11.3 Å². The number of carbonyl (C=O) groups excluding carboxylic acids is 3. The number of aromatic nitrogens is 1. The van der Waals surface area contributed by atoms with Gasteiger partial charge in [-0.05, 0) is 50.2 Å². The van der Waals surface area contributed by atoms with Crippen LogP contribution in [-0.2, 0) is 16.0 Å². The van der Waals surface area contributed by atoms with Gasteiger partial charge in [0.15, 0.2) is 5.13 Å². The van der Waals surface area contributed by atoms with E-state index < -0.39 is 0 Å². The van der Waals surface area contributed by atoms with E-state index in [1.54, 1.807) is 52.7 Å². The minimum atomic E-state index is -0.377. The number of nitrogens with one attached hydrogen (secondary N) is 1. The third kappa shape index (κ3) is 6.87. The van der Waals surface area contributed by atoms with Gasteiger partial charge in [-0.1, -0.05) is 23.7 Å². The van der Waals surface area contributed by atoms with Crippen molar-refractivity contribution >= 4 is 51.5 Å². The van der Waals surface area contributed by atoms with E-state index in [0.717, 1.165) is 0 Å². The number of hydrogen-bond donors (Lipinski definition) is 1. The quantitative estimate of drug-likeness (QED) is 0.446. The molecule has 8 nitrogen and oxygen atoms in total. The molecule has 0 aliphatic carbocycles. The number of thiazole rings is 1. The molecule has 1 fully saturated rings. The SMILES string of the molecule is CC(C)N(CC(=O)Nc1nc(CC(=O)N2CCN(c3ccccc3F)CC2)cs1)C(=O)c1ccc(Cl)cc1. The molecular formula is C27H29ClFN5O3S. The van der Waals surface area contributed by atoms with Gasteiger partial charge in [0, 0.05) is 48.2 Å². The molecule has 0 radical (unpaired) electrons. The van der Waals surface area contributed by atoms with Gasteiger partial charge in [-0.3, -0.25) is 14.4 Å². The van der Waals surface area contributed by atoms with Crippen LogP contribution in [-0.4, -0.2) is 71.3 Å². The molecule has 1 aliphatic rings. The number of amides is 3. The second-order valence-corrected chi connectivity index (χ2v) is 10.5. The third-order valence-corrected chi connectivity index (χ3v) is 7.30. The predicted molar refractivity (Wildman–Crippen MR) is 147 cm³/mol. The van der Waals surface area contributed by atoms with E-state index in [0.29, 0.717) is 53.3 Å². The molecule has 1 N–H and O–H groups in total. The number of para-hydroxylation sites is 1. The zero-order chi connectivity index (χ0) is 27.2. The van der Waals surface area contributed by atoms with Crippen molar-refractivity contribution in [1.29, 1.82) is 0 Å². The lowest BCUT2D eigenvalue weighted by atomic mass is 10.1. The molecule has 2 heterocycles. The fourth-order valence-electron chi connectivity index (χ4n) is 4.18. The highest BCUT2D eigenvalue weighted by molar-refractivity contribution is 7.13. The Kier molecular flexibility index (Phi) is 8.96. The van der Waals surface area contributed by atoms with Crippen molar-refractivity contribution in [2.75, 3.05) is 42.9 Å². The number of halogens is 2. The Balaban J connectivity index is 1.28. The summed E-state index contributed by atoms with van der Waals surface area (Å²) in [5, 5.41) is 5.36. The fraction of sp³-hybridized carbons (Fsp3) is 0.333. The Morgan fingerprint density at radius 3 is 2.42 bits per heavy atom. The second kappa shape index (κ2) is 12.4. The first kappa shape index (κ1) is 27.5. The zero-order valence-electron chi connectivity index (χ0n) is 21.2. The summed E-state index contributed by atoms with van der Waals surface area (Å²) < 4.78 is 14.1. The van der Waals surface area contributed by atoms with E-state index in [2.05, 4.69) is 10.3 Å². The molecule has 0 unspecified atom stereocenters. The first-order valence-electron chi connectivity index (χ1n) is 12.3. The molecule has 1 saturated heterocycles. The Labute approximate surface area is 230 Å². The van der Waals surface area contributed by atoms with Crippen LogP contribution < -0.4 is 10.2 Å². The number of hydrogen-bond acceptors (Lipinski definition) is 6. The molecule has 0 bridgehead atoms. The number of nitrogens with zero attached hydrogens (tertiary/aromatic N) is 4. The smallest absolute Gasteiger partial charge is 0.254 e. The molecule has 200 valence electrons. The maximum atomic E-state index is 14.1. The van der Waals surface area contributed by atoms with E-state index in [1.165, 1.54) is 22.3 Å². The highest BCUT2D eigenvalue weighted by Crippen LogP contribution is 2.21. The van der Waals surface area contributed by atoms with E-state index in [4.69, 9.17) is 11.6 Å². The highest BCUT2D eigenvalue weighted by Gasteiger charge is 2.24. The average molecular weight is 558 g/mol. The van der Waals surface area contributed by atoms with Crippen LogP contribution in [0.15, 0.2) is 53.9 Å². The van der Waals surface area contributed by atoms with E-state index >= 15 is 0 Å². The molecule has 2 aromatic carbocycles. The van der Waals surface area contributed by atoms with Crippen LogP contribution in [0.1, 0.15) is 29.9 Å². The van der Waals surface area contributed by atoms with Crippen molar-refractivity contribution in [1.82, 2.24) is 14.8 Å². The molecule has 38 heavy (non-hydrogen) atoms. The van der Waals surface area contributed by atoms with Crippen molar-refractivity contribution in [3.05, 3.63) is 76.0 Å². The van der Waals surface area contributed by atoms with Crippen molar-refractivity contribution < 1.29 is 18.8 Å². The van der Waals surface area contributed by atoms with Gasteiger partial charge in [0.25, 0.3) is 5.91 Å². The number of anilines is 2. The number of piperazine rings is 1. The summed E-state index contributed by atoms with van der Waals surface area (Å²) in [6.45, 7) is 5.62. The summed E-state index contributed by atoms with van der Waals surface area (Å²) in [6, 6.07) is 13.0. The summed E-state index contributed by atoms with van der Waals surface area (Å²) in [5.74, 6) is -0.985. The number of rotatable bonds is 8. The average Bonchev–Trinajstić information content (AvgIpc) is 3.34. The van der Waals surface area contributed by atoms with Gasteiger partial charge >= 0.3 is 0 Å². The molecule has 3 amide bonds. The van der Waals surface area contributed by atoms with Crippen LogP contribution in [0.4, 0.5) is 15.2 Å². The molecule has 1 aromatic heterocycles. The van der Waals surface area contributed by atoms with Gasteiger partial charge < -0.3 is 20.0 Å². The van der Waals surface area contributed by atoms with Crippen LogP contribution in [0.25, 0.3) is 0 Å². The number of carbonyl (C=O) groups is 3. The summed E-state index contributed by atoms with van der Waals surface area (Å²) in [5.41, 5.74) is 1.55. The van der Waals surface area contributed by atoms with Crippen molar-refractivity contribution in [2.45, 2.75) is 26.3 Å². The summed E-state index contributed by atoms with van der Waals surface area (Å²) >= 11 is 7.14. The Morgan fingerprint density at radius 2 is 1.76 bits per heavy atom. The minimum Gasteiger partial charge on any atom is -0.366 e. The lowest BCUT2D eigenvalue weighted by Crippen LogP contribution is -2.49. The van der Waals surface area contributed by atoms with Gasteiger partial charge in [0.05, 0.1) is 17.8 Å². The predicted octanol–water partition coefficient (Wildman–Crippen LogP) is 4.32.